The van der Waals surface area contributed by atoms with Crippen LogP contribution in [0.4, 0.5) is 13.2 Å². The zero-order valence-electron chi connectivity index (χ0n) is 7.25. The van der Waals surface area contributed by atoms with Gasteiger partial charge in [-0.3, -0.25) is 0 Å². The molecule has 0 fully saturated rings. The standard InChI is InChI=1S/C9H10F3NO/c10-7-3-1-6(2-4-7)8(13)9(11,12)5-14/h1-4,8,14H,5,13H2. The summed E-state index contributed by atoms with van der Waals surface area (Å²) in [6.07, 6.45) is 0. The van der Waals surface area contributed by atoms with E-state index in [0.717, 1.165) is 12.1 Å². The van der Waals surface area contributed by atoms with Gasteiger partial charge >= 0.3 is 0 Å². The second-order valence-electron chi connectivity index (χ2n) is 2.95. The molecule has 5 heteroatoms. The predicted molar refractivity (Wildman–Crippen MR) is 45.4 cm³/mol. The highest BCUT2D eigenvalue weighted by Gasteiger charge is 2.37. The number of hydrogen-bond donors (Lipinski definition) is 2. The normalized spacial score (nSPS) is 14.1. The van der Waals surface area contributed by atoms with Crippen molar-refractivity contribution < 1.29 is 18.3 Å². The van der Waals surface area contributed by atoms with Crippen molar-refractivity contribution in [1.29, 1.82) is 0 Å². The van der Waals surface area contributed by atoms with Gasteiger partial charge in [0, 0.05) is 0 Å². The summed E-state index contributed by atoms with van der Waals surface area (Å²) in [6.45, 7) is -1.33. The van der Waals surface area contributed by atoms with Crippen molar-refractivity contribution in [3.63, 3.8) is 0 Å². The van der Waals surface area contributed by atoms with Gasteiger partial charge in [-0.1, -0.05) is 12.1 Å². The lowest BCUT2D eigenvalue weighted by Gasteiger charge is -2.21. The van der Waals surface area contributed by atoms with E-state index in [1.54, 1.807) is 0 Å². The van der Waals surface area contributed by atoms with Crippen LogP contribution in [0.15, 0.2) is 24.3 Å². The molecule has 0 aliphatic carbocycles. The number of nitrogens with two attached hydrogens (primary N) is 1. The fourth-order valence-corrected chi connectivity index (χ4v) is 1.01. The zero-order chi connectivity index (χ0) is 10.8. The molecule has 1 aromatic carbocycles. The van der Waals surface area contributed by atoms with E-state index in [-0.39, 0.29) is 5.56 Å². The Morgan fingerprint density at radius 3 is 2.21 bits per heavy atom. The van der Waals surface area contributed by atoms with Gasteiger partial charge in [0.05, 0.1) is 6.04 Å². The summed E-state index contributed by atoms with van der Waals surface area (Å²) < 4.78 is 38.2. The summed E-state index contributed by atoms with van der Waals surface area (Å²) in [6, 6.07) is 2.81. The Balaban J connectivity index is 2.89. The van der Waals surface area contributed by atoms with Gasteiger partial charge < -0.3 is 10.8 Å². The SMILES string of the molecule is NC(c1ccc(F)cc1)C(F)(F)CO. The first-order valence-corrected chi connectivity index (χ1v) is 3.97. The number of rotatable bonds is 3. The summed E-state index contributed by atoms with van der Waals surface area (Å²) in [5, 5.41) is 8.38. The first-order chi connectivity index (χ1) is 6.47. The Kier molecular flexibility index (Phi) is 3.13. The van der Waals surface area contributed by atoms with Gasteiger partial charge in [0.15, 0.2) is 0 Å². The highest BCUT2D eigenvalue weighted by atomic mass is 19.3. The number of alkyl halides is 2. The summed E-state index contributed by atoms with van der Waals surface area (Å²) in [7, 11) is 0. The number of aliphatic hydroxyl groups excluding tert-OH is 1. The molecule has 0 aliphatic heterocycles. The summed E-state index contributed by atoms with van der Waals surface area (Å²) >= 11 is 0. The van der Waals surface area contributed by atoms with E-state index < -0.39 is 24.4 Å². The quantitative estimate of drug-likeness (QED) is 0.784. The largest absolute Gasteiger partial charge is 0.390 e. The number of halogens is 3. The number of benzene rings is 1. The maximum atomic E-state index is 12.9. The van der Waals surface area contributed by atoms with Crippen LogP contribution in [0.3, 0.4) is 0 Å². The van der Waals surface area contributed by atoms with E-state index in [2.05, 4.69) is 0 Å². The van der Waals surface area contributed by atoms with E-state index in [4.69, 9.17) is 10.8 Å². The Bertz CT molecular complexity index is 299. The van der Waals surface area contributed by atoms with Crippen LogP contribution in [0.2, 0.25) is 0 Å². The second kappa shape index (κ2) is 3.98. The fourth-order valence-electron chi connectivity index (χ4n) is 1.01. The van der Waals surface area contributed by atoms with Gasteiger partial charge in [0.25, 0.3) is 5.92 Å². The Hall–Kier alpha value is -1.07. The molecule has 1 unspecified atom stereocenters. The third-order valence-electron chi connectivity index (χ3n) is 1.89. The highest BCUT2D eigenvalue weighted by molar-refractivity contribution is 5.21. The van der Waals surface area contributed by atoms with Crippen molar-refractivity contribution >= 4 is 0 Å². The van der Waals surface area contributed by atoms with Gasteiger partial charge in [-0.25, -0.2) is 13.2 Å². The van der Waals surface area contributed by atoms with E-state index in [1.165, 1.54) is 12.1 Å². The Labute approximate surface area is 79.2 Å². The van der Waals surface area contributed by atoms with Crippen molar-refractivity contribution in [2.75, 3.05) is 6.61 Å². The van der Waals surface area contributed by atoms with Crippen LogP contribution >= 0.6 is 0 Å². The van der Waals surface area contributed by atoms with Crippen LogP contribution in [0.1, 0.15) is 11.6 Å². The lowest BCUT2D eigenvalue weighted by Crippen LogP contribution is -2.36. The fraction of sp³-hybridized carbons (Fsp3) is 0.333. The topological polar surface area (TPSA) is 46.2 Å². The molecule has 0 radical (unpaired) electrons. The average molecular weight is 205 g/mol. The van der Waals surface area contributed by atoms with Crippen molar-refractivity contribution in [1.82, 2.24) is 0 Å². The van der Waals surface area contributed by atoms with E-state index in [1.807, 2.05) is 0 Å². The van der Waals surface area contributed by atoms with Crippen molar-refractivity contribution in [2.24, 2.45) is 5.73 Å². The minimum absolute atomic E-state index is 0.0884. The second-order valence-corrected chi connectivity index (χ2v) is 2.95. The maximum Gasteiger partial charge on any atom is 0.289 e. The van der Waals surface area contributed by atoms with Gasteiger partial charge in [-0.15, -0.1) is 0 Å². The van der Waals surface area contributed by atoms with Crippen LogP contribution < -0.4 is 5.73 Å². The van der Waals surface area contributed by atoms with Crippen molar-refractivity contribution in [3.8, 4) is 0 Å². The molecule has 0 saturated heterocycles. The van der Waals surface area contributed by atoms with E-state index in [0.29, 0.717) is 0 Å². The van der Waals surface area contributed by atoms with Crippen LogP contribution in [-0.2, 0) is 0 Å². The molecule has 0 heterocycles. The lowest BCUT2D eigenvalue weighted by molar-refractivity contribution is -0.0711. The molecular weight excluding hydrogens is 195 g/mol. The predicted octanol–water partition coefficient (Wildman–Crippen LogP) is 1.45. The molecule has 1 rings (SSSR count). The van der Waals surface area contributed by atoms with Gasteiger partial charge in [0.2, 0.25) is 0 Å². The smallest absolute Gasteiger partial charge is 0.289 e. The molecule has 0 saturated carbocycles. The van der Waals surface area contributed by atoms with Crippen molar-refractivity contribution in [2.45, 2.75) is 12.0 Å². The molecule has 0 amide bonds. The first-order valence-electron chi connectivity index (χ1n) is 3.97. The molecule has 0 aliphatic rings. The van der Waals surface area contributed by atoms with Crippen LogP contribution in [0.25, 0.3) is 0 Å². The molecule has 0 bridgehead atoms. The summed E-state index contributed by atoms with van der Waals surface area (Å²) in [5.41, 5.74) is 5.29. The number of hydrogen-bond acceptors (Lipinski definition) is 2. The highest BCUT2D eigenvalue weighted by Crippen LogP contribution is 2.28. The molecule has 1 atom stereocenters. The summed E-state index contributed by atoms with van der Waals surface area (Å²) in [5.74, 6) is -3.91. The molecule has 2 nitrogen and oxygen atoms in total. The molecule has 1 aromatic rings. The van der Waals surface area contributed by atoms with E-state index >= 15 is 0 Å². The van der Waals surface area contributed by atoms with E-state index in [9.17, 15) is 13.2 Å². The molecule has 14 heavy (non-hydrogen) atoms. The third kappa shape index (κ3) is 2.24. The van der Waals surface area contributed by atoms with Crippen molar-refractivity contribution in [3.05, 3.63) is 35.6 Å². The molecule has 0 spiro atoms. The Morgan fingerprint density at radius 2 is 1.79 bits per heavy atom. The summed E-state index contributed by atoms with van der Waals surface area (Å²) in [4.78, 5) is 0. The lowest BCUT2D eigenvalue weighted by atomic mass is 10.0. The monoisotopic (exact) mass is 205 g/mol. The molecule has 0 aromatic heterocycles. The van der Waals surface area contributed by atoms with Gasteiger partial charge in [0.1, 0.15) is 12.4 Å². The van der Waals surface area contributed by atoms with Gasteiger partial charge in [-0.05, 0) is 17.7 Å². The van der Waals surface area contributed by atoms with Gasteiger partial charge in [-0.2, -0.15) is 0 Å². The van der Waals surface area contributed by atoms with Crippen LogP contribution in [-0.4, -0.2) is 17.6 Å². The Morgan fingerprint density at radius 1 is 1.29 bits per heavy atom. The maximum absolute atomic E-state index is 12.9. The molecule has 78 valence electrons. The minimum Gasteiger partial charge on any atom is -0.390 e. The minimum atomic E-state index is -3.39. The molecular formula is C9H10F3NO. The van der Waals surface area contributed by atoms with Crippen LogP contribution in [0.5, 0.6) is 0 Å². The first kappa shape index (κ1) is 11.0. The third-order valence-corrected chi connectivity index (χ3v) is 1.89. The van der Waals surface area contributed by atoms with Crippen LogP contribution in [0, 0.1) is 5.82 Å². The number of aliphatic hydroxyl groups is 1. The average Bonchev–Trinajstić information content (AvgIpc) is 2.18. The zero-order valence-corrected chi connectivity index (χ0v) is 7.25. The molecule has 3 N–H and O–H groups in total.